The highest BCUT2D eigenvalue weighted by molar-refractivity contribution is 5.78. The second-order valence-corrected chi connectivity index (χ2v) is 4.38. The van der Waals surface area contributed by atoms with Gasteiger partial charge in [-0.25, -0.2) is 4.79 Å². The first-order chi connectivity index (χ1) is 8.52. The van der Waals surface area contributed by atoms with Crippen LogP contribution in [0.2, 0.25) is 0 Å². The van der Waals surface area contributed by atoms with Crippen LogP contribution < -0.4 is 0 Å². The Hall–Kier alpha value is -1.10. The van der Waals surface area contributed by atoms with E-state index in [9.17, 15) is 9.59 Å². The number of amides is 1. The van der Waals surface area contributed by atoms with E-state index in [-0.39, 0.29) is 12.5 Å². The Labute approximate surface area is 109 Å². The minimum atomic E-state index is -1.04. The molecule has 1 atom stereocenters. The third-order valence-corrected chi connectivity index (χ3v) is 2.72. The predicted octanol–water partition coefficient (Wildman–Crippen LogP) is 1.90. The maximum atomic E-state index is 11.9. The number of aliphatic carboxylic acids is 1. The van der Waals surface area contributed by atoms with Gasteiger partial charge in [-0.15, -0.1) is 0 Å². The summed E-state index contributed by atoms with van der Waals surface area (Å²) in [5.74, 6) is -1.17. The predicted molar refractivity (Wildman–Crippen MR) is 69.4 cm³/mol. The summed E-state index contributed by atoms with van der Waals surface area (Å²) in [6.45, 7) is 6.87. The molecule has 0 saturated heterocycles. The maximum absolute atomic E-state index is 11.9. The largest absolute Gasteiger partial charge is 0.479 e. The smallest absolute Gasteiger partial charge is 0.332 e. The van der Waals surface area contributed by atoms with Crippen LogP contribution in [-0.4, -0.2) is 47.7 Å². The van der Waals surface area contributed by atoms with Crippen molar-refractivity contribution in [2.45, 2.75) is 52.6 Å². The minimum absolute atomic E-state index is 0.120. The molecule has 0 rings (SSSR count). The number of rotatable bonds is 10. The zero-order valence-corrected chi connectivity index (χ0v) is 11.6. The fourth-order valence-electron chi connectivity index (χ4n) is 1.42. The van der Waals surface area contributed by atoms with Gasteiger partial charge >= 0.3 is 5.97 Å². The van der Waals surface area contributed by atoms with Gasteiger partial charge in [0.25, 0.3) is 0 Å². The molecular weight excluding hydrogens is 234 g/mol. The Bertz CT molecular complexity index is 247. The molecule has 1 N–H and O–H groups in total. The molecule has 0 unspecified atom stereocenters. The Kier molecular flexibility index (Phi) is 9.28. The Morgan fingerprint density at radius 3 is 2.06 bits per heavy atom. The number of carboxylic acid groups (broad SMARTS) is 1. The first kappa shape index (κ1) is 16.9. The number of unbranched alkanes of at least 4 members (excludes halogenated alkanes) is 2. The fraction of sp³-hybridized carbons (Fsp3) is 0.846. The summed E-state index contributed by atoms with van der Waals surface area (Å²) in [6.07, 6.45) is 3.05. The van der Waals surface area contributed by atoms with Gasteiger partial charge in [-0.3, -0.25) is 4.79 Å². The van der Waals surface area contributed by atoms with Gasteiger partial charge in [-0.1, -0.05) is 26.7 Å². The van der Waals surface area contributed by atoms with Gasteiger partial charge in [-0.05, 0) is 19.8 Å². The molecule has 0 aliphatic heterocycles. The molecule has 1 amide bonds. The van der Waals surface area contributed by atoms with Gasteiger partial charge in [0.15, 0.2) is 6.10 Å². The molecule has 18 heavy (non-hydrogen) atoms. The number of ether oxygens (including phenoxy) is 1. The lowest BCUT2D eigenvalue weighted by Crippen LogP contribution is -2.37. The Balaban J connectivity index is 4.14. The van der Waals surface area contributed by atoms with Gasteiger partial charge in [0, 0.05) is 13.1 Å². The molecule has 0 aliphatic rings. The van der Waals surface area contributed by atoms with Crippen molar-refractivity contribution in [3.05, 3.63) is 0 Å². The van der Waals surface area contributed by atoms with Crippen molar-refractivity contribution in [2.75, 3.05) is 19.7 Å². The molecule has 0 aromatic rings. The normalized spacial score (nSPS) is 12.2. The fourth-order valence-corrected chi connectivity index (χ4v) is 1.42. The molecule has 0 radical (unpaired) electrons. The third-order valence-electron chi connectivity index (χ3n) is 2.72. The standard InChI is InChI=1S/C13H25NO4/c1-4-6-8-14(9-7-5-2)12(15)10-18-11(3)13(16)17/h11H,4-10H2,1-3H3,(H,16,17)/t11-/m0/s1. The van der Waals surface area contributed by atoms with E-state index in [4.69, 9.17) is 9.84 Å². The lowest BCUT2D eigenvalue weighted by Gasteiger charge is -2.22. The molecule has 0 heterocycles. The van der Waals surface area contributed by atoms with Gasteiger partial charge in [0.05, 0.1) is 0 Å². The van der Waals surface area contributed by atoms with Gasteiger partial charge in [0.2, 0.25) is 5.91 Å². The van der Waals surface area contributed by atoms with E-state index in [1.807, 2.05) is 0 Å². The van der Waals surface area contributed by atoms with Crippen LogP contribution in [0.15, 0.2) is 0 Å². The molecule has 0 aliphatic carbocycles. The number of carboxylic acids is 1. The molecular formula is C13H25NO4. The van der Waals surface area contributed by atoms with Crippen LogP contribution in [0.1, 0.15) is 46.5 Å². The Morgan fingerprint density at radius 1 is 1.17 bits per heavy atom. The molecule has 106 valence electrons. The van der Waals surface area contributed by atoms with Crippen molar-refractivity contribution in [1.82, 2.24) is 4.90 Å². The van der Waals surface area contributed by atoms with Crippen LogP contribution in [0.3, 0.4) is 0 Å². The van der Waals surface area contributed by atoms with Crippen molar-refractivity contribution >= 4 is 11.9 Å². The van der Waals surface area contributed by atoms with E-state index in [1.165, 1.54) is 6.92 Å². The van der Waals surface area contributed by atoms with Gasteiger partial charge in [0.1, 0.15) is 6.61 Å². The summed E-state index contributed by atoms with van der Waals surface area (Å²) in [7, 11) is 0. The molecule has 0 bridgehead atoms. The van der Waals surface area contributed by atoms with Crippen LogP contribution in [0, 0.1) is 0 Å². The second-order valence-electron chi connectivity index (χ2n) is 4.38. The summed E-state index contributed by atoms with van der Waals surface area (Å²) in [6, 6.07) is 0. The number of hydrogen-bond donors (Lipinski definition) is 1. The monoisotopic (exact) mass is 259 g/mol. The van der Waals surface area contributed by atoms with Crippen molar-refractivity contribution in [3.8, 4) is 0 Å². The average Bonchev–Trinajstić information content (AvgIpc) is 2.35. The third kappa shape index (κ3) is 7.27. The Morgan fingerprint density at radius 2 is 1.67 bits per heavy atom. The average molecular weight is 259 g/mol. The van der Waals surface area contributed by atoms with Crippen LogP contribution in [0.4, 0.5) is 0 Å². The molecule has 0 aromatic carbocycles. The number of carbonyl (C=O) groups is 2. The van der Waals surface area contributed by atoms with Crippen LogP contribution >= 0.6 is 0 Å². The van der Waals surface area contributed by atoms with E-state index in [0.29, 0.717) is 0 Å². The van der Waals surface area contributed by atoms with Gasteiger partial charge in [-0.2, -0.15) is 0 Å². The molecule has 5 nitrogen and oxygen atoms in total. The van der Waals surface area contributed by atoms with Gasteiger partial charge < -0.3 is 14.7 Å². The zero-order valence-electron chi connectivity index (χ0n) is 11.6. The SMILES string of the molecule is CCCCN(CCCC)C(=O)CO[C@@H](C)C(=O)O. The van der Waals surface area contributed by atoms with Crippen molar-refractivity contribution in [1.29, 1.82) is 0 Å². The highest BCUT2D eigenvalue weighted by Crippen LogP contribution is 2.01. The first-order valence-corrected chi connectivity index (χ1v) is 6.65. The quantitative estimate of drug-likeness (QED) is 0.650. The summed E-state index contributed by atoms with van der Waals surface area (Å²) in [4.78, 5) is 24.2. The molecule has 0 aromatic heterocycles. The van der Waals surface area contributed by atoms with E-state index >= 15 is 0 Å². The topological polar surface area (TPSA) is 66.8 Å². The van der Waals surface area contributed by atoms with E-state index < -0.39 is 12.1 Å². The lowest BCUT2D eigenvalue weighted by atomic mass is 10.2. The summed E-state index contributed by atoms with van der Waals surface area (Å²) in [5.41, 5.74) is 0. The number of hydrogen-bond acceptors (Lipinski definition) is 3. The highest BCUT2D eigenvalue weighted by atomic mass is 16.5. The molecule has 0 spiro atoms. The highest BCUT2D eigenvalue weighted by Gasteiger charge is 2.17. The molecule has 5 heteroatoms. The maximum Gasteiger partial charge on any atom is 0.332 e. The first-order valence-electron chi connectivity index (χ1n) is 6.65. The van der Waals surface area contributed by atoms with Crippen LogP contribution in [0.5, 0.6) is 0 Å². The lowest BCUT2D eigenvalue weighted by molar-refractivity contribution is -0.153. The van der Waals surface area contributed by atoms with Crippen LogP contribution in [0.25, 0.3) is 0 Å². The van der Waals surface area contributed by atoms with Crippen molar-refractivity contribution in [3.63, 3.8) is 0 Å². The van der Waals surface area contributed by atoms with Crippen molar-refractivity contribution in [2.24, 2.45) is 0 Å². The van der Waals surface area contributed by atoms with E-state index in [2.05, 4.69) is 13.8 Å². The number of nitrogens with zero attached hydrogens (tertiary/aromatic N) is 1. The zero-order chi connectivity index (χ0) is 14.0. The summed E-state index contributed by atoms with van der Waals surface area (Å²) < 4.78 is 5.02. The van der Waals surface area contributed by atoms with E-state index in [1.54, 1.807) is 4.90 Å². The minimum Gasteiger partial charge on any atom is -0.479 e. The number of carbonyl (C=O) groups excluding carboxylic acids is 1. The molecule has 0 fully saturated rings. The van der Waals surface area contributed by atoms with Crippen LogP contribution in [-0.2, 0) is 14.3 Å². The molecule has 0 saturated carbocycles. The van der Waals surface area contributed by atoms with E-state index in [0.717, 1.165) is 38.8 Å². The summed E-state index contributed by atoms with van der Waals surface area (Å²) in [5, 5.41) is 8.67. The van der Waals surface area contributed by atoms with Crippen molar-refractivity contribution < 1.29 is 19.4 Å². The summed E-state index contributed by atoms with van der Waals surface area (Å²) >= 11 is 0. The second kappa shape index (κ2) is 9.88.